The highest BCUT2D eigenvalue weighted by molar-refractivity contribution is 6.37. The van der Waals surface area contributed by atoms with Gasteiger partial charge in [-0.1, -0.05) is 29.3 Å². The molecule has 1 aromatic rings. The molecule has 4 heteroatoms. The number of hydrogen-bond acceptors (Lipinski definition) is 2. The first kappa shape index (κ1) is 12.1. The molecular weight excluding hydrogens is 235 g/mol. The molecule has 0 saturated carbocycles. The van der Waals surface area contributed by atoms with Crippen LogP contribution in [0.2, 0.25) is 10.0 Å². The predicted molar refractivity (Wildman–Crippen MR) is 61.9 cm³/mol. The molecule has 0 radical (unpaired) electrons. The van der Waals surface area contributed by atoms with Crippen molar-refractivity contribution >= 4 is 29.0 Å². The fraction of sp³-hybridized carbons (Fsp3) is 0.182. The lowest BCUT2D eigenvalue weighted by molar-refractivity contribution is 0.101. The number of ether oxygens (including phenoxy) is 1. The zero-order chi connectivity index (χ0) is 11.4. The summed E-state index contributed by atoms with van der Waals surface area (Å²) < 4.78 is 5.20. The van der Waals surface area contributed by atoms with Crippen LogP contribution in [0.3, 0.4) is 0 Å². The van der Waals surface area contributed by atoms with Crippen molar-refractivity contribution < 1.29 is 9.53 Å². The topological polar surface area (TPSA) is 26.3 Å². The molecule has 0 aliphatic rings. The highest BCUT2D eigenvalue weighted by Crippen LogP contribution is 2.34. The Morgan fingerprint density at radius 1 is 1.33 bits per heavy atom. The van der Waals surface area contributed by atoms with E-state index in [0.717, 1.165) is 0 Å². The van der Waals surface area contributed by atoms with Crippen LogP contribution < -0.4 is 4.74 Å². The van der Waals surface area contributed by atoms with Crippen LogP contribution in [0.5, 0.6) is 5.75 Å². The van der Waals surface area contributed by atoms with Gasteiger partial charge in [-0.05, 0) is 26.0 Å². The van der Waals surface area contributed by atoms with E-state index in [1.165, 1.54) is 25.3 Å². The Labute approximate surface area is 98.4 Å². The molecule has 15 heavy (non-hydrogen) atoms. The van der Waals surface area contributed by atoms with E-state index in [9.17, 15) is 4.79 Å². The highest BCUT2D eigenvalue weighted by Gasteiger charge is 2.10. The molecule has 1 rings (SSSR count). The smallest absolute Gasteiger partial charge is 0.163 e. The van der Waals surface area contributed by atoms with Gasteiger partial charge in [0, 0.05) is 5.56 Å². The van der Waals surface area contributed by atoms with Crippen LogP contribution in [-0.4, -0.2) is 5.78 Å². The summed E-state index contributed by atoms with van der Waals surface area (Å²) in [5.74, 6) is 0.276. The van der Waals surface area contributed by atoms with Gasteiger partial charge in [-0.25, -0.2) is 0 Å². The van der Waals surface area contributed by atoms with E-state index < -0.39 is 0 Å². The SMILES string of the molecule is CC=COc1c(Cl)cc(C(C)=O)cc1Cl. The molecule has 2 nitrogen and oxygen atoms in total. The van der Waals surface area contributed by atoms with Crippen molar-refractivity contribution in [2.24, 2.45) is 0 Å². The number of carbonyl (C=O) groups excluding carboxylic acids is 1. The van der Waals surface area contributed by atoms with Crippen LogP contribution in [0.15, 0.2) is 24.5 Å². The maximum atomic E-state index is 11.1. The number of benzene rings is 1. The Hall–Kier alpha value is -0.990. The Morgan fingerprint density at radius 3 is 2.27 bits per heavy atom. The first-order valence-electron chi connectivity index (χ1n) is 4.34. The third-order valence-electron chi connectivity index (χ3n) is 1.73. The van der Waals surface area contributed by atoms with Gasteiger partial charge >= 0.3 is 0 Å². The number of halogens is 2. The molecule has 0 N–H and O–H groups in total. The summed E-state index contributed by atoms with van der Waals surface area (Å²) in [5.41, 5.74) is 0.470. The highest BCUT2D eigenvalue weighted by atomic mass is 35.5. The van der Waals surface area contributed by atoms with Crippen LogP contribution in [0.25, 0.3) is 0 Å². The normalized spacial score (nSPS) is 10.7. The van der Waals surface area contributed by atoms with Crippen molar-refractivity contribution in [2.45, 2.75) is 13.8 Å². The quantitative estimate of drug-likeness (QED) is 0.591. The third-order valence-corrected chi connectivity index (χ3v) is 2.29. The number of rotatable bonds is 3. The van der Waals surface area contributed by atoms with E-state index in [-0.39, 0.29) is 5.78 Å². The zero-order valence-corrected chi connectivity index (χ0v) is 9.89. The van der Waals surface area contributed by atoms with E-state index >= 15 is 0 Å². The number of allylic oxidation sites excluding steroid dienone is 1. The van der Waals surface area contributed by atoms with Crippen molar-refractivity contribution in [3.63, 3.8) is 0 Å². The minimum Gasteiger partial charge on any atom is -0.462 e. The minimum absolute atomic E-state index is 0.0867. The number of Topliss-reactive ketones (excluding diaryl/α,β-unsaturated/α-hetero) is 1. The molecule has 0 saturated heterocycles. The lowest BCUT2D eigenvalue weighted by Crippen LogP contribution is -1.94. The second-order valence-electron chi connectivity index (χ2n) is 2.91. The second kappa shape index (κ2) is 5.19. The fourth-order valence-corrected chi connectivity index (χ4v) is 1.59. The Bertz CT molecular complexity index is 388. The van der Waals surface area contributed by atoms with Gasteiger partial charge in [-0.15, -0.1) is 0 Å². The standard InChI is InChI=1S/C11H10Cl2O2/c1-3-4-15-11-9(12)5-8(7(2)14)6-10(11)13/h3-6H,1-2H3. The van der Waals surface area contributed by atoms with Crippen LogP contribution in [-0.2, 0) is 0 Å². The molecule has 0 heterocycles. The second-order valence-corrected chi connectivity index (χ2v) is 3.73. The van der Waals surface area contributed by atoms with Gasteiger partial charge in [0.25, 0.3) is 0 Å². The molecular formula is C11H10Cl2O2. The van der Waals surface area contributed by atoms with Crippen molar-refractivity contribution in [3.05, 3.63) is 40.1 Å². The van der Waals surface area contributed by atoms with Gasteiger partial charge in [0.1, 0.15) is 0 Å². The van der Waals surface area contributed by atoms with Crippen molar-refractivity contribution in [1.29, 1.82) is 0 Å². The average Bonchev–Trinajstić information content (AvgIpc) is 2.16. The zero-order valence-electron chi connectivity index (χ0n) is 8.38. The van der Waals surface area contributed by atoms with E-state index in [4.69, 9.17) is 27.9 Å². The Balaban J connectivity index is 3.15. The van der Waals surface area contributed by atoms with Crippen molar-refractivity contribution in [2.75, 3.05) is 0 Å². The molecule has 1 aromatic carbocycles. The van der Waals surface area contributed by atoms with E-state index in [2.05, 4.69) is 0 Å². The summed E-state index contributed by atoms with van der Waals surface area (Å²) in [7, 11) is 0. The number of carbonyl (C=O) groups is 1. The first-order valence-corrected chi connectivity index (χ1v) is 5.09. The van der Waals surface area contributed by atoms with Crippen LogP contribution in [0.1, 0.15) is 24.2 Å². The van der Waals surface area contributed by atoms with E-state index in [0.29, 0.717) is 21.4 Å². The van der Waals surface area contributed by atoms with Gasteiger partial charge in [0.05, 0.1) is 16.3 Å². The van der Waals surface area contributed by atoms with Gasteiger partial charge in [0.15, 0.2) is 11.5 Å². The van der Waals surface area contributed by atoms with Crippen LogP contribution in [0.4, 0.5) is 0 Å². The molecule has 0 spiro atoms. The first-order chi connectivity index (χ1) is 7.06. The lowest BCUT2D eigenvalue weighted by Gasteiger charge is -2.07. The molecule has 0 aliphatic carbocycles. The predicted octanol–water partition coefficient (Wildman–Crippen LogP) is 4.11. The maximum Gasteiger partial charge on any atom is 0.163 e. The molecule has 80 valence electrons. The monoisotopic (exact) mass is 244 g/mol. The summed E-state index contributed by atoms with van der Waals surface area (Å²) in [5, 5.41) is 0.650. The largest absolute Gasteiger partial charge is 0.462 e. The lowest BCUT2D eigenvalue weighted by atomic mass is 10.1. The number of hydrogen-bond donors (Lipinski definition) is 0. The molecule has 0 bridgehead atoms. The van der Waals surface area contributed by atoms with Gasteiger partial charge in [-0.3, -0.25) is 4.79 Å². The Morgan fingerprint density at radius 2 is 1.87 bits per heavy atom. The van der Waals surface area contributed by atoms with E-state index in [1.807, 2.05) is 6.92 Å². The summed E-state index contributed by atoms with van der Waals surface area (Å²) in [6.07, 6.45) is 3.19. The summed E-state index contributed by atoms with van der Waals surface area (Å²) >= 11 is 11.8. The average molecular weight is 245 g/mol. The molecule has 0 aromatic heterocycles. The van der Waals surface area contributed by atoms with Crippen molar-refractivity contribution in [1.82, 2.24) is 0 Å². The molecule has 0 amide bonds. The van der Waals surface area contributed by atoms with E-state index in [1.54, 1.807) is 6.08 Å². The van der Waals surface area contributed by atoms with Crippen LogP contribution >= 0.6 is 23.2 Å². The summed E-state index contributed by atoms with van der Waals surface area (Å²) in [6, 6.07) is 3.07. The van der Waals surface area contributed by atoms with Crippen molar-refractivity contribution in [3.8, 4) is 5.75 Å². The Kier molecular flexibility index (Phi) is 4.18. The summed E-state index contributed by atoms with van der Waals surface area (Å²) in [4.78, 5) is 11.1. The molecule has 0 fully saturated rings. The third kappa shape index (κ3) is 2.98. The van der Waals surface area contributed by atoms with Crippen LogP contribution in [0, 0.1) is 0 Å². The molecule has 0 aliphatic heterocycles. The van der Waals surface area contributed by atoms with Gasteiger partial charge in [0.2, 0.25) is 0 Å². The van der Waals surface area contributed by atoms with Gasteiger partial charge < -0.3 is 4.74 Å². The minimum atomic E-state index is -0.0867. The fourth-order valence-electron chi connectivity index (χ4n) is 1.01. The maximum absolute atomic E-state index is 11.1. The van der Waals surface area contributed by atoms with Gasteiger partial charge in [-0.2, -0.15) is 0 Å². The number of ketones is 1. The molecule has 0 atom stereocenters. The molecule has 0 unspecified atom stereocenters. The summed E-state index contributed by atoms with van der Waals surface area (Å²) in [6.45, 7) is 3.26.